The Kier molecular flexibility index (Phi) is 3.63. The molecule has 5 nitrogen and oxygen atoms in total. The molecule has 0 amide bonds. The Morgan fingerprint density at radius 2 is 2.35 bits per heavy atom. The molecule has 2 aromatic rings. The molecule has 0 saturated carbocycles. The summed E-state index contributed by atoms with van der Waals surface area (Å²) in [5.74, 6) is 1.76. The van der Waals surface area contributed by atoms with Gasteiger partial charge in [0, 0.05) is 12.4 Å². The first-order chi connectivity index (χ1) is 8.22. The van der Waals surface area contributed by atoms with Crippen LogP contribution in [0, 0.1) is 0 Å². The van der Waals surface area contributed by atoms with Gasteiger partial charge in [-0.2, -0.15) is 0 Å². The lowest BCUT2D eigenvalue weighted by atomic mass is 10.4. The average molecular weight is 297 g/mol. The Labute approximate surface area is 108 Å². The molecule has 6 heteroatoms. The molecule has 0 fully saturated rings. The largest absolute Gasteiger partial charge is 0.490 e. The van der Waals surface area contributed by atoms with Crippen molar-refractivity contribution in [2.24, 2.45) is 0 Å². The van der Waals surface area contributed by atoms with Crippen LogP contribution in [0.3, 0.4) is 0 Å². The summed E-state index contributed by atoms with van der Waals surface area (Å²) < 4.78 is 7.95. The molecule has 90 valence electrons. The molecule has 0 atom stereocenters. The van der Waals surface area contributed by atoms with E-state index in [9.17, 15) is 0 Å². The van der Waals surface area contributed by atoms with Crippen LogP contribution in [0.4, 0.5) is 5.82 Å². The van der Waals surface area contributed by atoms with E-state index in [1.165, 1.54) is 0 Å². The van der Waals surface area contributed by atoms with Crippen molar-refractivity contribution in [1.82, 2.24) is 14.8 Å². The number of pyridine rings is 1. The zero-order chi connectivity index (χ0) is 12.3. The van der Waals surface area contributed by atoms with Crippen LogP contribution < -0.4 is 10.5 Å². The summed E-state index contributed by atoms with van der Waals surface area (Å²) in [6.07, 6.45) is 4.40. The lowest BCUT2D eigenvalue weighted by Crippen LogP contribution is -2.04. The summed E-state index contributed by atoms with van der Waals surface area (Å²) in [7, 11) is 0. The predicted octanol–water partition coefficient (Wildman–Crippen LogP) is 2.40. The zero-order valence-electron chi connectivity index (χ0n) is 9.43. The molecule has 0 bridgehead atoms. The molecule has 0 aliphatic heterocycles. The fraction of sp³-hybridized carbons (Fsp3) is 0.273. The van der Waals surface area contributed by atoms with E-state index in [0.29, 0.717) is 24.0 Å². The van der Waals surface area contributed by atoms with Gasteiger partial charge in [0.25, 0.3) is 0 Å². The Hall–Kier alpha value is -1.56. The minimum Gasteiger partial charge on any atom is -0.490 e. The van der Waals surface area contributed by atoms with Gasteiger partial charge in [-0.3, -0.25) is 0 Å². The highest BCUT2D eigenvalue weighted by molar-refractivity contribution is 9.10. The standard InChI is InChI=1S/C11H13BrN4O/c1-2-6-17-9-4-3-5-14-11(9)16-7-8(12)10(13)15-16/h3-5,7H,2,6H2,1H3,(H2,13,15). The Bertz CT molecular complexity index is 492. The number of nitrogens with zero attached hydrogens (tertiary/aromatic N) is 3. The molecule has 0 radical (unpaired) electrons. The maximum absolute atomic E-state index is 5.68. The number of nitrogen functional groups attached to an aromatic ring is 1. The highest BCUT2D eigenvalue weighted by atomic mass is 79.9. The van der Waals surface area contributed by atoms with Gasteiger partial charge in [0.05, 0.1) is 11.1 Å². The van der Waals surface area contributed by atoms with E-state index in [2.05, 4.69) is 32.9 Å². The second-order valence-electron chi connectivity index (χ2n) is 3.48. The topological polar surface area (TPSA) is 66.0 Å². The first-order valence-corrected chi connectivity index (χ1v) is 6.10. The molecule has 0 aliphatic rings. The van der Waals surface area contributed by atoms with Gasteiger partial charge in [-0.1, -0.05) is 6.92 Å². The number of anilines is 1. The van der Waals surface area contributed by atoms with Crippen LogP contribution in [0.1, 0.15) is 13.3 Å². The molecule has 0 unspecified atom stereocenters. The minimum absolute atomic E-state index is 0.428. The lowest BCUT2D eigenvalue weighted by molar-refractivity contribution is 0.314. The Morgan fingerprint density at radius 3 is 3.00 bits per heavy atom. The predicted molar refractivity (Wildman–Crippen MR) is 69.3 cm³/mol. The Morgan fingerprint density at radius 1 is 1.53 bits per heavy atom. The van der Waals surface area contributed by atoms with Gasteiger partial charge in [0.1, 0.15) is 0 Å². The van der Waals surface area contributed by atoms with Crippen LogP contribution in [-0.4, -0.2) is 21.4 Å². The van der Waals surface area contributed by atoms with Crippen molar-refractivity contribution in [2.75, 3.05) is 12.3 Å². The van der Waals surface area contributed by atoms with Gasteiger partial charge in [-0.05, 0) is 34.5 Å². The maximum atomic E-state index is 5.68. The first kappa shape index (κ1) is 11.9. The summed E-state index contributed by atoms with van der Waals surface area (Å²) in [4.78, 5) is 4.26. The number of hydrogen-bond donors (Lipinski definition) is 1. The van der Waals surface area contributed by atoms with Crippen molar-refractivity contribution in [3.05, 3.63) is 29.0 Å². The van der Waals surface area contributed by atoms with Crippen LogP contribution in [0.2, 0.25) is 0 Å². The third-order valence-electron chi connectivity index (χ3n) is 2.13. The van der Waals surface area contributed by atoms with Crippen LogP contribution >= 0.6 is 15.9 Å². The van der Waals surface area contributed by atoms with Crippen molar-refractivity contribution in [2.45, 2.75) is 13.3 Å². The van der Waals surface area contributed by atoms with Gasteiger partial charge < -0.3 is 10.5 Å². The first-order valence-electron chi connectivity index (χ1n) is 5.31. The third kappa shape index (κ3) is 2.58. The van der Waals surface area contributed by atoms with Crippen LogP contribution in [-0.2, 0) is 0 Å². The molecule has 2 N–H and O–H groups in total. The van der Waals surface area contributed by atoms with Crippen molar-refractivity contribution < 1.29 is 4.74 Å². The van der Waals surface area contributed by atoms with Crippen LogP contribution in [0.5, 0.6) is 5.75 Å². The molecule has 0 saturated heterocycles. The molecular formula is C11H13BrN4O. The summed E-state index contributed by atoms with van der Waals surface area (Å²) >= 11 is 3.31. The minimum atomic E-state index is 0.428. The van der Waals surface area contributed by atoms with E-state index >= 15 is 0 Å². The molecule has 2 heterocycles. The number of nitrogens with two attached hydrogens (primary N) is 1. The molecule has 2 rings (SSSR count). The molecule has 0 aliphatic carbocycles. The van der Waals surface area contributed by atoms with E-state index in [4.69, 9.17) is 10.5 Å². The van der Waals surface area contributed by atoms with Crippen LogP contribution in [0.25, 0.3) is 5.82 Å². The monoisotopic (exact) mass is 296 g/mol. The van der Waals surface area contributed by atoms with E-state index in [0.717, 1.165) is 10.9 Å². The quantitative estimate of drug-likeness (QED) is 0.941. The molecule has 2 aromatic heterocycles. The smallest absolute Gasteiger partial charge is 0.196 e. The van der Waals surface area contributed by atoms with Gasteiger partial charge in [-0.25, -0.2) is 9.67 Å². The summed E-state index contributed by atoms with van der Waals surface area (Å²) in [6.45, 7) is 2.70. The van der Waals surface area contributed by atoms with Crippen molar-refractivity contribution in [1.29, 1.82) is 0 Å². The molecule has 0 spiro atoms. The van der Waals surface area contributed by atoms with Gasteiger partial charge in [-0.15, -0.1) is 5.10 Å². The number of rotatable bonds is 4. The fourth-order valence-corrected chi connectivity index (χ4v) is 1.63. The second-order valence-corrected chi connectivity index (χ2v) is 4.33. The lowest BCUT2D eigenvalue weighted by Gasteiger charge is -2.08. The maximum Gasteiger partial charge on any atom is 0.196 e. The number of aromatic nitrogens is 3. The fourth-order valence-electron chi connectivity index (χ4n) is 1.35. The number of hydrogen-bond acceptors (Lipinski definition) is 4. The van der Waals surface area contributed by atoms with Crippen molar-refractivity contribution >= 4 is 21.7 Å². The normalized spacial score (nSPS) is 10.5. The van der Waals surface area contributed by atoms with Gasteiger partial charge in [0.2, 0.25) is 0 Å². The number of ether oxygens (including phenoxy) is 1. The molecule has 0 aromatic carbocycles. The Balaban J connectivity index is 2.37. The zero-order valence-corrected chi connectivity index (χ0v) is 11.0. The van der Waals surface area contributed by atoms with E-state index in [-0.39, 0.29) is 0 Å². The third-order valence-corrected chi connectivity index (χ3v) is 2.74. The van der Waals surface area contributed by atoms with Crippen molar-refractivity contribution in [3.63, 3.8) is 0 Å². The highest BCUT2D eigenvalue weighted by Gasteiger charge is 2.10. The highest BCUT2D eigenvalue weighted by Crippen LogP contribution is 2.24. The molecule has 17 heavy (non-hydrogen) atoms. The van der Waals surface area contributed by atoms with E-state index in [1.807, 2.05) is 12.1 Å². The molecular weight excluding hydrogens is 284 g/mol. The average Bonchev–Trinajstić information content (AvgIpc) is 2.67. The van der Waals surface area contributed by atoms with Crippen molar-refractivity contribution in [3.8, 4) is 11.6 Å². The van der Waals surface area contributed by atoms with E-state index in [1.54, 1.807) is 17.1 Å². The van der Waals surface area contributed by atoms with Gasteiger partial charge >= 0.3 is 0 Å². The second kappa shape index (κ2) is 5.18. The summed E-state index contributed by atoms with van der Waals surface area (Å²) in [6, 6.07) is 3.69. The SMILES string of the molecule is CCCOc1cccnc1-n1cc(Br)c(N)n1. The summed E-state index contributed by atoms with van der Waals surface area (Å²) in [5.41, 5.74) is 5.68. The number of halogens is 1. The van der Waals surface area contributed by atoms with E-state index < -0.39 is 0 Å². The van der Waals surface area contributed by atoms with Crippen LogP contribution in [0.15, 0.2) is 29.0 Å². The summed E-state index contributed by atoms with van der Waals surface area (Å²) in [5, 5.41) is 4.15. The van der Waals surface area contributed by atoms with Gasteiger partial charge in [0.15, 0.2) is 17.4 Å².